The van der Waals surface area contributed by atoms with Gasteiger partial charge in [0.15, 0.2) is 17.7 Å². The maximum atomic E-state index is 12.5. The van der Waals surface area contributed by atoms with E-state index < -0.39 is 12.0 Å². The Labute approximate surface area is 110 Å². The van der Waals surface area contributed by atoms with Crippen molar-refractivity contribution >= 4 is 17.3 Å². The van der Waals surface area contributed by atoms with E-state index in [1.54, 1.807) is 31.2 Å². The molecule has 0 saturated heterocycles. The molecule has 0 saturated carbocycles. The molecule has 4 nitrogen and oxygen atoms in total. The van der Waals surface area contributed by atoms with Crippen molar-refractivity contribution in [3.05, 3.63) is 46.7 Å². The third-order valence-corrected chi connectivity index (χ3v) is 3.67. The van der Waals surface area contributed by atoms with Crippen LogP contribution in [0.3, 0.4) is 0 Å². The quantitative estimate of drug-likeness (QED) is 0.770. The first kappa shape index (κ1) is 11.8. The van der Waals surface area contributed by atoms with Crippen LogP contribution in [-0.2, 0) is 9.53 Å². The number of rotatable bonds is 1. The molecule has 1 aromatic rings. The minimum Gasteiger partial charge on any atom is -0.485 e. The van der Waals surface area contributed by atoms with Crippen molar-refractivity contribution < 1.29 is 19.1 Å². The van der Waals surface area contributed by atoms with Crippen molar-refractivity contribution in [2.45, 2.75) is 20.0 Å². The van der Waals surface area contributed by atoms with Crippen LogP contribution in [0.4, 0.5) is 0 Å². The van der Waals surface area contributed by atoms with Crippen molar-refractivity contribution in [3.8, 4) is 0 Å². The Hall–Kier alpha value is -2.23. The largest absolute Gasteiger partial charge is 0.485 e. The lowest BCUT2D eigenvalue weighted by Crippen LogP contribution is -2.40. The van der Waals surface area contributed by atoms with Crippen molar-refractivity contribution in [1.29, 1.82) is 0 Å². The topological polar surface area (TPSA) is 60.4 Å². The first-order valence-corrected chi connectivity index (χ1v) is 6.08. The summed E-state index contributed by atoms with van der Waals surface area (Å²) in [5.41, 5.74) is 1.09. The highest BCUT2D eigenvalue weighted by atomic mass is 16.5. The molecule has 0 unspecified atom stereocenters. The summed E-state index contributed by atoms with van der Waals surface area (Å²) < 4.78 is 5.47. The number of allylic oxidation sites excluding steroid dienone is 1. The Kier molecular flexibility index (Phi) is 2.42. The zero-order valence-corrected chi connectivity index (χ0v) is 10.6. The van der Waals surface area contributed by atoms with Gasteiger partial charge < -0.3 is 4.74 Å². The second-order valence-corrected chi connectivity index (χ2v) is 4.82. The van der Waals surface area contributed by atoms with Gasteiger partial charge >= 0.3 is 0 Å². The monoisotopic (exact) mass is 256 g/mol. The minimum atomic E-state index is -0.874. The highest BCUT2D eigenvalue weighted by molar-refractivity contribution is 6.21. The molecule has 2 atom stereocenters. The number of carbonyl (C=O) groups is 3. The molecule has 3 rings (SSSR count). The first-order chi connectivity index (χ1) is 9.02. The van der Waals surface area contributed by atoms with Gasteiger partial charge in [0.05, 0.1) is 5.92 Å². The average molecular weight is 256 g/mol. The van der Waals surface area contributed by atoms with Crippen LogP contribution in [0.1, 0.15) is 34.6 Å². The van der Waals surface area contributed by atoms with E-state index in [-0.39, 0.29) is 17.3 Å². The van der Waals surface area contributed by atoms with Gasteiger partial charge in [0.2, 0.25) is 5.78 Å². The summed E-state index contributed by atoms with van der Waals surface area (Å²) >= 11 is 0. The molecule has 1 aliphatic carbocycles. The Morgan fingerprint density at radius 2 is 1.68 bits per heavy atom. The number of Topliss-reactive ketones (excluding diaryl/α,β-unsaturated/α-hetero) is 3. The molecule has 1 heterocycles. The van der Waals surface area contributed by atoms with E-state index in [4.69, 9.17) is 4.74 Å². The van der Waals surface area contributed by atoms with Crippen LogP contribution >= 0.6 is 0 Å². The van der Waals surface area contributed by atoms with Crippen LogP contribution in [0.25, 0.3) is 0 Å². The molecule has 0 amide bonds. The number of hydrogen-bond donors (Lipinski definition) is 0. The Bertz CT molecular complexity index is 654. The van der Waals surface area contributed by atoms with Crippen LogP contribution < -0.4 is 0 Å². The van der Waals surface area contributed by atoms with Gasteiger partial charge in [-0.25, -0.2) is 0 Å². The fourth-order valence-electron chi connectivity index (χ4n) is 2.87. The van der Waals surface area contributed by atoms with E-state index in [1.807, 2.05) is 0 Å². The van der Waals surface area contributed by atoms with Gasteiger partial charge in [0, 0.05) is 16.7 Å². The SMILES string of the molecule is CC(=O)C1=C(C)O[C@H]2C(=O)c3ccccc3C(=O)[C@@H]12. The summed E-state index contributed by atoms with van der Waals surface area (Å²) in [7, 11) is 0. The van der Waals surface area contributed by atoms with E-state index in [9.17, 15) is 14.4 Å². The Balaban J connectivity index is 2.18. The number of ketones is 3. The number of benzene rings is 1. The number of carbonyl (C=O) groups excluding carboxylic acids is 3. The zero-order chi connectivity index (χ0) is 13.7. The highest BCUT2D eigenvalue weighted by Crippen LogP contribution is 2.39. The molecule has 96 valence electrons. The lowest BCUT2D eigenvalue weighted by atomic mass is 9.76. The number of hydrogen-bond acceptors (Lipinski definition) is 4. The third-order valence-electron chi connectivity index (χ3n) is 3.67. The molecule has 1 aromatic carbocycles. The van der Waals surface area contributed by atoms with E-state index in [2.05, 4.69) is 0 Å². The molecule has 4 heteroatoms. The molecule has 0 fully saturated rings. The van der Waals surface area contributed by atoms with Gasteiger partial charge in [-0.15, -0.1) is 0 Å². The van der Waals surface area contributed by atoms with Gasteiger partial charge in [-0.05, 0) is 13.8 Å². The fraction of sp³-hybridized carbons (Fsp3) is 0.267. The van der Waals surface area contributed by atoms with Crippen LogP contribution in [0.5, 0.6) is 0 Å². The molecule has 0 bridgehead atoms. The Morgan fingerprint density at radius 1 is 1.11 bits per heavy atom. The second kappa shape index (κ2) is 3.88. The van der Waals surface area contributed by atoms with Gasteiger partial charge in [0.1, 0.15) is 5.76 Å². The maximum Gasteiger partial charge on any atom is 0.205 e. The van der Waals surface area contributed by atoms with E-state index in [1.165, 1.54) is 6.92 Å². The van der Waals surface area contributed by atoms with Crippen LogP contribution in [-0.4, -0.2) is 23.5 Å². The lowest BCUT2D eigenvalue weighted by Gasteiger charge is -2.25. The van der Waals surface area contributed by atoms with Crippen molar-refractivity contribution in [1.82, 2.24) is 0 Å². The molecule has 0 radical (unpaired) electrons. The molecule has 0 spiro atoms. The third kappa shape index (κ3) is 1.49. The Morgan fingerprint density at radius 3 is 2.26 bits per heavy atom. The standard InChI is InChI=1S/C15H12O4/c1-7(16)11-8(2)19-15-12(11)13(17)9-5-3-4-6-10(9)14(15)18/h3-6,12,15H,1-2H3/t12-,15-/m1/s1. The van der Waals surface area contributed by atoms with Crippen molar-refractivity contribution in [2.24, 2.45) is 5.92 Å². The summed E-state index contributed by atoms with van der Waals surface area (Å²) in [6.07, 6.45) is -0.874. The molecular weight excluding hydrogens is 244 g/mol. The lowest BCUT2D eigenvalue weighted by molar-refractivity contribution is -0.114. The maximum absolute atomic E-state index is 12.5. The minimum absolute atomic E-state index is 0.206. The first-order valence-electron chi connectivity index (χ1n) is 6.08. The van der Waals surface area contributed by atoms with Gasteiger partial charge in [-0.2, -0.15) is 0 Å². The molecule has 1 aliphatic heterocycles. The fourth-order valence-corrected chi connectivity index (χ4v) is 2.87. The molecule has 0 aromatic heterocycles. The van der Waals surface area contributed by atoms with Gasteiger partial charge in [-0.3, -0.25) is 14.4 Å². The predicted molar refractivity (Wildman–Crippen MR) is 66.8 cm³/mol. The summed E-state index contributed by atoms with van der Waals surface area (Å²) in [4.78, 5) is 36.5. The van der Waals surface area contributed by atoms with Crippen LogP contribution in [0.15, 0.2) is 35.6 Å². The predicted octanol–water partition coefficient (Wildman–Crippen LogP) is 1.94. The van der Waals surface area contributed by atoms with Gasteiger partial charge in [0.25, 0.3) is 0 Å². The highest BCUT2D eigenvalue weighted by Gasteiger charge is 2.50. The summed E-state index contributed by atoms with van der Waals surface area (Å²) in [5, 5.41) is 0. The number of ether oxygens (including phenoxy) is 1. The summed E-state index contributed by atoms with van der Waals surface area (Å²) in [5.74, 6) is -1.04. The average Bonchev–Trinajstić information content (AvgIpc) is 2.74. The number of fused-ring (bicyclic) bond motifs is 2. The molecule has 2 aliphatic rings. The molecule has 19 heavy (non-hydrogen) atoms. The van der Waals surface area contributed by atoms with Crippen molar-refractivity contribution in [2.75, 3.05) is 0 Å². The summed E-state index contributed by atoms with van der Waals surface area (Å²) in [6, 6.07) is 6.67. The second-order valence-electron chi connectivity index (χ2n) is 4.82. The van der Waals surface area contributed by atoms with E-state index in [0.29, 0.717) is 22.5 Å². The molecule has 0 N–H and O–H groups in total. The van der Waals surface area contributed by atoms with E-state index >= 15 is 0 Å². The van der Waals surface area contributed by atoms with Crippen LogP contribution in [0, 0.1) is 5.92 Å². The smallest absolute Gasteiger partial charge is 0.205 e. The van der Waals surface area contributed by atoms with E-state index in [0.717, 1.165) is 0 Å². The zero-order valence-electron chi connectivity index (χ0n) is 10.6. The van der Waals surface area contributed by atoms with Gasteiger partial charge in [-0.1, -0.05) is 24.3 Å². The normalized spacial score (nSPS) is 24.9. The summed E-state index contributed by atoms with van der Waals surface area (Å²) in [6.45, 7) is 3.02. The van der Waals surface area contributed by atoms with Crippen molar-refractivity contribution in [3.63, 3.8) is 0 Å². The molecular formula is C15H12O4. The van der Waals surface area contributed by atoms with Crippen LogP contribution in [0.2, 0.25) is 0 Å².